The summed E-state index contributed by atoms with van der Waals surface area (Å²) in [7, 11) is 0. The Labute approximate surface area is 106 Å². The monoisotopic (exact) mass is 247 g/mol. The van der Waals surface area contributed by atoms with Crippen LogP contribution in [0.2, 0.25) is 0 Å². The summed E-state index contributed by atoms with van der Waals surface area (Å²) in [5.41, 5.74) is 9.13. The molecule has 0 saturated carbocycles. The highest BCUT2D eigenvalue weighted by Gasteiger charge is 2.10. The number of aryl methyl sites for hydroxylation is 2. The Morgan fingerprint density at radius 2 is 2.06 bits per heavy atom. The number of imidazole rings is 1. The largest absolute Gasteiger partial charge is 0.342 e. The van der Waals surface area contributed by atoms with Crippen LogP contribution >= 0.6 is 0 Å². The summed E-state index contributed by atoms with van der Waals surface area (Å²) in [5, 5.41) is 0. The van der Waals surface area contributed by atoms with Gasteiger partial charge in [0.25, 0.3) is 0 Å². The Kier molecular flexibility index (Phi) is 3.77. The number of aromatic nitrogens is 2. The molecule has 0 fully saturated rings. The number of benzene rings is 1. The molecule has 0 aliphatic rings. The van der Waals surface area contributed by atoms with E-state index in [0.717, 1.165) is 35.6 Å². The van der Waals surface area contributed by atoms with Crippen molar-refractivity contribution in [3.8, 4) is 11.4 Å². The van der Waals surface area contributed by atoms with Gasteiger partial charge in [0, 0.05) is 23.4 Å². The van der Waals surface area contributed by atoms with E-state index in [9.17, 15) is 4.39 Å². The summed E-state index contributed by atoms with van der Waals surface area (Å²) < 4.78 is 13.4. The average Bonchev–Trinajstić information content (AvgIpc) is 2.82. The van der Waals surface area contributed by atoms with Crippen LogP contribution in [0.3, 0.4) is 0 Å². The molecule has 2 aromatic rings. The Morgan fingerprint density at radius 3 is 2.61 bits per heavy atom. The molecular weight excluding hydrogens is 229 g/mol. The molecule has 0 radical (unpaired) electrons. The maximum Gasteiger partial charge on any atom is 0.137 e. The fraction of sp³-hybridized carbons (Fsp3) is 0.357. The number of hydrogen-bond acceptors (Lipinski definition) is 2. The fourth-order valence-corrected chi connectivity index (χ4v) is 2.05. The van der Waals surface area contributed by atoms with Crippen molar-refractivity contribution in [1.29, 1.82) is 0 Å². The minimum atomic E-state index is -0.265. The minimum Gasteiger partial charge on any atom is -0.342 e. The van der Waals surface area contributed by atoms with E-state index in [1.54, 1.807) is 12.1 Å². The van der Waals surface area contributed by atoms with E-state index >= 15 is 0 Å². The van der Waals surface area contributed by atoms with Crippen LogP contribution in [0.1, 0.15) is 30.8 Å². The molecule has 18 heavy (non-hydrogen) atoms. The molecule has 0 unspecified atom stereocenters. The SMILES string of the molecule is CCc1nc(-c2ccc(F)c(CN)c2)[nH]c1CC. The van der Waals surface area contributed by atoms with Crippen LogP contribution in [0, 0.1) is 5.82 Å². The fourth-order valence-electron chi connectivity index (χ4n) is 2.05. The minimum absolute atomic E-state index is 0.196. The van der Waals surface area contributed by atoms with Crippen LogP contribution in [-0.2, 0) is 19.4 Å². The highest BCUT2D eigenvalue weighted by atomic mass is 19.1. The lowest BCUT2D eigenvalue weighted by Gasteiger charge is -2.02. The number of H-pyrrole nitrogens is 1. The first kappa shape index (κ1) is 12.8. The van der Waals surface area contributed by atoms with Gasteiger partial charge in [0.05, 0.1) is 5.69 Å². The number of nitrogens with one attached hydrogen (secondary N) is 1. The summed E-state index contributed by atoms with van der Waals surface area (Å²) in [4.78, 5) is 7.85. The number of halogens is 1. The van der Waals surface area contributed by atoms with Gasteiger partial charge in [0.15, 0.2) is 0 Å². The van der Waals surface area contributed by atoms with Gasteiger partial charge in [-0.05, 0) is 31.0 Å². The van der Waals surface area contributed by atoms with Crippen LogP contribution in [0.15, 0.2) is 18.2 Å². The molecular formula is C14H18FN3. The maximum absolute atomic E-state index is 13.4. The van der Waals surface area contributed by atoms with Gasteiger partial charge in [0.1, 0.15) is 11.6 Å². The molecule has 3 N–H and O–H groups in total. The van der Waals surface area contributed by atoms with Gasteiger partial charge in [0.2, 0.25) is 0 Å². The lowest BCUT2D eigenvalue weighted by atomic mass is 10.1. The van der Waals surface area contributed by atoms with Crippen LogP contribution in [0.25, 0.3) is 11.4 Å². The molecule has 1 heterocycles. The summed E-state index contributed by atoms with van der Waals surface area (Å²) in [6, 6.07) is 4.93. The van der Waals surface area contributed by atoms with Gasteiger partial charge in [-0.25, -0.2) is 9.37 Å². The van der Waals surface area contributed by atoms with E-state index in [1.165, 1.54) is 6.07 Å². The number of aromatic amines is 1. The molecule has 1 aromatic carbocycles. The molecule has 0 aliphatic carbocycles. The number of hydrogen-bond donors (Lipinski definition) is 2. The van der Waals surface area contributed by atoms with Gasteiger partial charge in [-0.15, -0.1) is 0 Å². The number of nitrogens with zero attached hydrogens (tertiary/aromatic N) is 1. The molecule has 4 heteroatoms. The van der Waals surface area contributed by atoms with Gasteiger partial charge in [-0.3, -0.25) is 0 Å². The topological polar surface area (TPSA) is 54.7 Å². The summed E-state index contributed by atoms with van der Waals surface area (Å²) >= 11 is 0. The molecule has 0 aliphatic heterocycles. The van der Waals surface area contributed by atoms with Crippen LogP contribution < -0.4 is 5.73 Å². The van der Waals surface area contributed by atoms with Crippen LogP contribution in [0.4, 0.5) is 4.39 Å². The third-order valence-corrected chi connectivity index (χ3v) is 3.09. The van der Waals surface area contributed by atoms with Crippen molar-refractivity contribution in [1.82, 2.24) is 9.97 Å². The van der Waals surface area contributed by atoms with Gasteiger partial charge in [-0.1, -0.05) is 13.8 Å². The van der Waals surface area contributed by atoms with Crippen molar-refractivity contribution in [2.75, 3.05) is 0 Å². The number of nitrogens with two attached hydrogens (primary N) is 1. The van der Waals surface area contributed by atoms with E-state index in [1.807, 2.05) is 0 Å². The lowest BCUT2D eigenvalue weighted by Crippen LogP contribution is -2.00. The quantitative estimate of drug-likeness (QED) is 0.872. The smallest absolute Gasteiger partial charge is 0.137 e. The first-order chi connectivity index (χ1) is 8.69. The molecule has 2 rings (SSSR count). The van der Waals surface area contributed by atoms with Crippen LogP contribution in [0.5, 0.6) is 0 Å². The summed E-state index contributed by atoms with van der Waals surface area (Å²) in [6.07, 6.45) is 1.81. The maximum atomic E-state index is 13.4. The number of rotatable bonds is 4. The third-order valence-electron chi connectivity index (χ3n) is 3.09. The Hall–Kier alpha value is -1.68. The second kappa shape index (κ2) is 5.31. The standard InChI is InChI=1S/C14H18FN3/c1-3-12-13(4-2)18-14(17-12)9-5-6-11(15)10(7-9)8-16/h5-7H,3-4,8,16H2,1-2H3,(H,17,18). The van der Waals surface area contributed by atoms with E-state index in [2.05, 4.69) is 23.8 Å². The second-order valence-electron chi connectivity index (χ2n) is 4.23. The Bertz CT molecular complexity index is 524. The third kappa shape index (κ3) is 2.29. The Morgan fingerprint density at radius 1 is 1.28 bits per heavy atom. The van der Waals surface area contributed by atoms with E-state index in [4.69, 9.17) is 5.73 Å². The highest BCUT2D eigenvalue weighted by molar-refractivity contribution is 5.57. The van der Waals surface area contributed by atoms with Gasteiger partial charge >= 0.3 is 0 Å². The molecule has 1 aromatic heterocycles. The van der Waals surface area contributed by atoms with Crippen molar-refractivity contribution in [3.05, 3.63) is 41.0 Å². The molecule has 96 valence electrons. The van der Waals surface area contributed by atoms with Crippen molar-refractivity contribution >= 4 is 0 Å². The van der Waals surface area contributed by atoms with E-state index in [-0.39, 0.29) is 12.4 Å². The molecule has 0 spiro atoms. The average molecular weight is 247 g/mol. The summed E-state index contributed by atoms with van der Waals surface area (Å²) in [6.45, 7) is 4.36. The first-order valence-corrected chi connectivity index (χ1v) is 6.26. The molecule has 0 atom stereocenters. The molecule has 0 saturated heterocycles. The van der Waals surface area contributed by atoms with Crippen molar-refractivity contribution in [3.63, 3.8) is 0 Å². The lowest BCUT2D eigenvalue weighted by molar-refractivity contribution is 0.611. The predicted octanol–water partition coefficient (Wildman–Crippen LogP) is 2.80. The molecule has 3 nitrogen and oxygen atoms in total. The Balaban J connectivity index is 2.45. The van der Waals surface area contributed by atoms with E-state index < -0.39 is 0 Å². The zero-order valence-corrected chi connectivity index (χ0v) is 10.8. The first-order valence-electron chi connectivity index (χ1n) is 6.26. The normalized spacial score (nSPS) is 10.9. The van der Waals surface area contributed by atoms with E-state index in [0.29, 0.717) is 5.56 Å². The van der Waals surface area contributed by atoms with Gasteiger partial charge < -0.3 is 10.7 Å². The highest BCUT2D eigenvalue weighted by Crippen LogP contribution is 2.21. The van der Waals surface area contributed by atoms with Gasteiger partial charge in [-0.2, -0.15) is 0 Å². The van der Waals surface area contributed by atoms with Crippen molar-refractivity contribution < 1.29 is 4.39 Å². The van der Waals surface area contributed by atoms with Crippen molar-refractivity contribution in [2.45, 2.75) is 33.2 Å². The zero-order chi connectivity index (χ0) is 13.1. The molecule has 0 amide bonds. The molecule has 0 bridgehead atoms. The summed E-state index contributed by atoms with van der Waals surface area (Å²) in [5.74, 6) is 0.526. The van der Waals surface area contributed by atoms with Crippen LogP contribution in [-0.4, -0.2) is 9.97 Å². The second-order valence-corrected chi connectivity index (χ2v) is 4.23. The van der Waals surface area contributed by atoms with Crippen molar-refractivity contribution in [2.24, 2.45) is 5.73 Å². The zero-order valence-electron chi connectivity index (χ0n) is 10.8. The predicted molar refractivity (Wildman–Crippen MR) is 70.6 cm³/mol.